The Hall–Kier alpha value is -1.77. The lowest BCUT2D eigenvalue weighted by Crippen LogP contribution is -2.35. The van der Waals surface area contributed by atoms with E-state index in [-0.39, 0.29) is 5.91 Å². The molecule has 1 aromatic heterocycles. The molecule has 1 aliphatic rings. The normalized spacial score (nSPS) is 16.4. The highest BCUT2D eigenvalue weighted by molar-refractivity contribution is 5.88. The molecule has 0 bridgehead atoms. The van der Waals surface area contributed by atoms with Crippen molar-refractivity contribution in [1.29, 1.82) is 0 Å². The second-order valence-electron chi connectivity index (χ2n) is 6.06. The van der Waals surface area contributed by atoms with Crippen molar-refractivity contribution in [2.45, 2.75) is 46.1 Å². The third-order valence-electron chi connectivity index (χ3n) is 4.34. The van der Waals surface area contributed by atoms with Crippen LogP contribution in [0.2, 0.25) is 0 Å². The number of amides is 1. The number of benzene rings is 1. The zero-order valence-electron chi connectivity index (χ0n) is 12.3. The van der Waals surface area contributed by atoms with Crippen molar-refractivity contribution in [2.24, 2.45) is 5.92 Å². The molecule has 0 aliphatic heterocycles. The van der Waals surface area contributed by atoms with Crippen molar-refractivity contribution in [3.8, 4) is 0 Å². The van der Waals surface area contributed by atoms with Crippen LogP contribution in [0.4, 0.5) is 0 Å². The molecule has 1 amide bonds. The first-order chi connectivity index (χ1) is 9.54. The van der Waals surface area contributed by atoms with Crippen molar-refractivity contribution in [3.63, 3.8) is 0 Å². The van der Waals surface area contributed by atoms with Gasteiger partial charge in [0.05, 0.1) is 12.7 Å². The number of nitrogens with one attached hydrogen (secondary N) is 1. The fourth-order valence-electron chi connectivity index (χ4n) is 2.67. The molecule has 0 spiro atoms. The van der Waals surface area contributed by atoms with Gasteiger partial charge in [0.2, 0.25) is 5.91 Å². The van der Waals surface area contributed by atoms with Crippen molar-refractivity contribution >= 4 is 16.9 Å². The minimum atomic E-state index is 0.0883. The number of carbonyl (C=O) groups excluding carboxylic acids is 1. The highest BCUT2D eigenvalue weighted by Crippen LogP contribution is 2.32. The predicted octanol–water partition coefficient (Wildman–Crippen LogP) is 3.51. The minimum absolute atomic E-state index is 0.0883. The smallest absolute Gasteiger partial charge is 0.224 e. The molecule has 20 heavy (non-hydrogen) atoms. The van der Waals surface area contributed by atoms with E-state index < -0.39 is 0 Å². The topological polar surface area (TPSA) is 42.2 Å². The van der Waals surface area contributed by atoms with Gasteiger partial charge in [-0.3, -0.25) is 4.79 Å². The Balaban J connectivity index is 1.76. The van der Waals surface area contributed by atoms with Crippen molar-refractivity contribution in [2.75, 3.05) is 0 Å². The van der Waals surface area contributed by atoms with Crippen LogP contribution in [0.1, 0.15) is 36.5 Å². The number of hydrogen-bond acceptors (Lipinski definition) is 2. The van der Waals surface area contributed by atoms with Gasteiger partial charge in [0.25, 0.3) is 0 Å². The third kappa shape index (κ3) is 2.58. The van der Waals surface area contributed by atoms with E-state index in [1.165, 1.54) is 24.0 Å². The fraction of sp³-hybridized carbons (Fsp3) is 0.471. The van der Waals surface area contributed by atoms with Crippen LogP contribution in [-0.4, -0.2) is 11.9 Å². The lowest BCUT2D eigenvalue weighted by molar-refractivity contribution is -0.121. The third-order valence-corrected chi connectivity index (χ3v) is 4.34. The Labute approximate surface area is 119 Å². The molecule has 2 aromatic rings. The first kappa shape index (κ1) is 13.2. The summed E-state index contributed by atoms with van der Waals surface area (Å²) in [5, 5.41) is 4.15. The van der Waals surface area contributed by atoms with Gasteiger partial charge in [-0.25, -0.2) is 0 Å². The van der Waals surface area contributed by atoms with Crippen LogP contribution in [0.5, 0.6) is 0 Å². The van der Waals surface area contributed by atoms with Gasteiger partial charge in [0.1, 0.15) is 5.58 Å². The molecule has 3 heteroatoms. The minimum Gasteiger partial charge on any atom is -0.464 e. The first-order valence-corrected chi connectivity index (χ1v) is 7.31. The maximum Gasteiger partial charge on any atom is 0.224 e. The highest BCUT2D eigenvalue weighted by Gasteiger charge is 2.28. The summed E-state index contributed by atoms with van der Waals surface area (Å²) >= 11 is 0. The highest BCUT2D eigenvalue weighted by atomic mass is 16.3. The second-order valence-corrected chi connectivity index (χ2v) is 6.06. The molecular weight excluding hydrogens is 250 g/mol. The van der Waals surface area contributed by atoms with E-state index in [0.717, 1.165) is 16.5 Å². The molecule has 1 aliphatic carbocycles. The Bertz CT molecular complexity index is 652. The standard InChI is InChI=1S/C17H21NO2/c1-10-6-15-14(9-20-16(15)7-11(10)2)8-17(19)18-12(3)13-4-5-13/h6-7,9,12-13H,4-5,8H2,1-3H3,(H,18,19). The number of hydrogen-bond donors (Lipinski definition) is 1. The molecule has 1 heterocycles. The van der Waals surface area contributed by atoms with E-state index in [4.69, 9.17) is 4.42 Å². The van der Waals surface area contributed by atoms with Gasteiger partial charge < -0.3 is 9.73 Å². The molecule has 1 fully saturated rings. The molecule has 0 radical (unpaired) electrons. The maximum absolute atomic E-state index is 12.1. The number of furan rings is 1. The van der Waals surface area contributed by atoms with Crippen LogP contribution >= 0.6 is 0 Å². The van der Waals surface area contributed by atoms with E-state index in [0.29, 0.717) is 18.4 Å². The summed E-state index contributed by atoms with van der Waals surface area (Å²) in [4.78, 5) is 12.1. The summed E-state index contributed by atoms with van der Waals surface area (Å²) in [6.45, 7) is 6.25. The fourth-order valence-corrected chi connectivity index (χ4v) is 2.67. The predicted molar refractivity (Wildman–Crippen MR) is 79.7 cm³/mol. The molecule has 1 saturated carbocycles. The van der Waals surface area contributed by atoms with E-state index in [2.05, 4.69) is 32.2 Å². The Morgan fingerprint density at radius 1 is 1.35 bits per heavy atom. The second kappa shape index (κ2) is 4.97. The van der Waals surface area contributed by atoms with Crippen LogP contribution in [0.15, 0.2) is 22.8 Å². The lowest BCUT2D eigenvalue weighted by atomic mass is 10.0. The number of carbonyl (C=O) groups is 1. The van der Waals surface area contributed by atoms with Gasteiger partial charge in [-0.2, -0.15) is 0 Å². The molecular formula is C17H21NO2. The largest absolute Gasteiger partial charge is 0.464 e. The lowest BCUT2D eigenvalue weighted by Gasteiger charge is -2.12. The summed E-state index contributed by atoms with van der Waals surface area (Å²) in [7, 11) is 0. The summed E-state index contributed by atoms with van der Waals surface area (Å²) < 4.78 is 5.57. The van der Waals surface area contributed by atoms with Crippen LogP contribution in [0, 0.1) is 19.8 Å². The quantitative estimate of drug-likeness (QED) is 0.924. The molecule has 106 valence electrons. The van der Waals surface area contributed by atoms with Crippen LogP contribution in [0.25, 0.3) is 11.0 Å². The van der Waals surface area contributed by atoms with Gasteiger partial charge in [-0.1, -0.05) is 0 Å². The molecule has 1 aromatic carbocycles. The Morgan fingerprint density at radius 2 is 2.05 bits per heavy atom. The zero-order valence-corrected chi connectivity index (χ0v) is 12.3. The zero-order chi connectivity index (χ0) is 14.3. The Morgan fingerprint density at radius 3 is 2.75 bits per heavy atom. The molecule has 3 nitrogen and oxygen atoms in total. The van der Waals surface area contributed by atoms with Crippen molar-refractivity contribution in [3.05, 3.63) is 35.1 Å². The molecule has 1 unspecified atom stereocenters. The van der Waals surface area contributed by atoms with Crippen molar-refractivity contribution < 1.29 is 9.21 Å². The number of fused-ring (bicyclic) bond motifs is 1. The molecule has 3 rings (SSSR count). The first-order valence-electron chi connectivity index (χ1n) is 7.31. The average Bonchev–Trinajstić information content (AvgIpc) is 3.17. The van der Waals surface area contributed by atoms with Gasteiger partial charge in [-0.15, -0.1) is 0 Å². The summed E-state index contributed by atoms with van der Waals surface area (Å²) in [5.74, 6) is 0.773. The van der Waals surface area contributed by atoms with Crippen molar-refractivity contribution in [1.82, 2.24) is 5.32 Å². The van der Waals surface area contributed by atoms with Gasteiger partial charge in [0, 0.05) is 17.0 Å². The summed E-state index contributed by atoms with van der Waals surface area (Å²) in [5.41, 5.74) is 4.28. The number of aryl methyl sites for hydroxylation is 2. The molecule has 1 N–H and O–H groups in total. The van der Waals surface area contributed by atoms with Crippen LogP contribution in [-0.2, 0) is 11.2 Å². The van der Waals surface area contributed by atoms with Crippen LogP contribution in [0.3, 0.4) is 0 Å². The van der Waals surface area contributed by atoms with E-state index in [1.807, 2.05) is 6.07 Å². The van der Waals surface area contributed by atoms with E-state index in [9.17, 15) is 4.79 Å². The molecule has 1 atom stereocenters. The van der Waals surface area contributed by atoms with Gasteiger partial charge in [0.15, 0.2) is 0 Å². The van der Waals surface area contributed by atoms with E-state index in [1.54, 1.807) is 6.26 Å². The monoisotopic (exact) mass is 271 g/mol. The maximum atomic E-state index is 12.1. The summed E-state index contributed by atoms with van der Waals surface area (Å²) in [6, 6.07) is 4.45. The van der Waals surface area contributed by atoms with Gasteiger partial charge >= 0.3 is 0 Å². The SMILES string of the molecule is Cc1cc2occ(CC(=O)NC(C)C3CC3)c2cc1C. The van der Waals surface area contributed by atoms with Gasteiger partial charge in [-0.05, 0) is 62.8 Å². The Kier molecular flexibility index (Phi) is 3.28. The molecule has 0 saturated heterocycles. The number of rotatable bonds is 4. The average molecular weight is 271 g/mol. The van der Waals surface area contributed by atoms with Crippen LogP contribution < -0.4 is 5.32 Å². The summed E-state index contributed by atoms with van der Waals surface area (Å²) in [6.07, 6.45) is 4.60. The van der Waals surface area contributed by atoms with E-state index >= 15 is 0 Å².